The van der Waals surface area contributed by atoms with Gasteiger partial charge in [-0.3, -0.25) is 14.5 Å². The minimum absolute atomic E-state index is 0.0517. The van der Waals surface area contributed by atoms with Gasteiger partial charge in [0.05, 0.1) is 18.2 Å². The minimum atomic E-state index is -0.851. The van der Waals surface area contributed by atoms with Crippen molar-refractivity contribution in [2.75, 3.05) is 25.2 Å². The van der Waals surface area contributed by atoms with E-state index in [1.54, 1.807) is 44.4 Å². The van der Waals surface area contributed by atoms with E-state index in [2.05, 4.69) is 10.1 Å². The van der Waals surface area contributed by atoms with Gasteiger partial charge in [-0.2, -0.15) is 4.98 Å². The number of carbonyl (C=O) groups excluding carboxylic acids is 2. The molecule has 1 aliphatic rings. The van der Waals surface area contributed by atoms with Crippen molar-refractivity contribution in [2.45, 2.75) is 39.7 Å². The van der Waals surface area contributed by atoms with Gasteiger partial charge >= 0.3 is 0 Å². The lowest BCUT2D eigenvalue weighted by molar-refractivity contribution is -0.118. The Labute approximate surface area is 215 Å². The zero-order valence-corrected chi connectivity index (χ0v) is 21.4. The molecule has 0 saturated heterocycles. The molecule has 4 rings (SSSR count). The predicted molar refractivity (Wildman–Crippen MR) is 137 cm³/mol. The first-order valence-electron chi connectivity index (χ1n) is 12.2. The van der Waals surface area contributed by atoms with Crippen molar-refractivity contribution in [3.05, 3.63) is 71.3 Å². The Morgan fingerprint density at radius 2 is 1.86 bits per heavy atom. The summed E-state index contributed by atoms with van der Waals surface area (Å²) in [4.78, 5) is 32.4. The molecule has 1 N–H and O–H groups in total. The van der Waals surface area contributed by atoms with Crippen molar-refractivity contribution in [3.63, 3.8) is 0 Å². The number of amides is 1. The second-order valence-electron chi connectivity index (χ2n) is 9.28. The molecule has 0 aliphatic carbocycles. The van der Waals surface area contributed by atoms with Crippen LogP contribution in [0.4, 0.5) is 5.69 Å². The van der Waals surface area contributed by atoms with Crippen LogP contribution in [0.25, 0.3) is 11.4 Å². The van der Waals surface area contributed by atoms with Crippen LogP contribution in [0.5, 0.6) is 5.75 Å². The molecular formula is C28H31N3O6. The number of aliphatic hydroxyl groups excluding tert-OH is 1. The van der Waals surface area contributed by atoms with Crippen molar-refractivity contribution in [1.29, 1.82) is 0 Å². The molecule has 1 aliphatic heterocycles. The lowest BCUT2D eigenvalue weighted by Gasteiger charge is -2.28. The van der Waals surface area contributed by atoms with Gasteiger partial charge in [-0.1, -0.05) is 37.2 Å². The molecule has 1 amide bonds. The van der Waals surface area contributed by atoms with Gasteiger partial charge in [0.25, 0.3) is 5.91 Å². The van der Waals surface area contributed by atoms with Gasteiger partial charge in [-0.25, -0.2) is 0 Å². The zero-order chi connectivity index (χ0) is 26.5. The molecule has 0 fully saturated rings. The summed E-state index contributed by atoms with van der Waals surface area (Å²) in [7, 11) is 1.63. The second kappa shape index (κ2) is 11.4. The minimum Gasteiger partial charge on any atom is -0.503 e. The van der Waals surface area contributed by atoms with Crippen LogP contribution in [0.15, 0.2) is 64.4 Å². The number of hydrogen-bond donors (Lipinski definition) is 1. The molecule has 2 aromatic carbocycles. The highest BCUT2D eigenvalue weighted by Gasteiger charge is 2.45. The van der Waals surface area contributed by atoms with Crippen LogP contribution in [0.1, 0.15) is 44.2 Å². The van der Waals surface area contributed by atoms with Crippen molar-refractivity contribution in [3.8, 4) is 17.1 Å². The van der Waals surface area contributed by atoms with Crippen LogP contribution < -0.4 is 9.64 Å². The highest BCUT2D eigenvalue weighted by molar-refractivity contribution is 6.16. The molecule has 0 spiro atoms. The van der Waals surface area contributed by atoms with Crippen LogP contribution in [0.2, 0.25) is 0 Å². The smallest absolute Gasteiger partial charge is 0.294 e. The number of methoxy groups -OCH3 is 1. The lowest BCUT2D eigenvalue weighted by atomic mass is 9.91. The average molecular weight is 506 g/mol. The van der Waals surface area contributed by atoms with Gasteiger partial charge in [-0.05, 0) is 36.2 Å². The zero-order valence-electron chi connectivity index (χ0n) is 21.4. The molecule has 0 saturated carbocycles. The summed E-state index contributed by atoms with van der Waals surface area (Å²) >= 11 is 0. The Balaban J connectivity index is 1.76. The van der Waals surface area contributed by atoms with Gasteiger partial charge in [0.2, 0.25) is 11.7 Å². The third-order valence-corrected chi connectivity index (χ3v) is 6.00. The maximum Gasteiger partial charge on any atom is 0.294 e. The van der Waals surface area contributed by atoms with E-state index in [4.69, 9.17) is 14.0 Å². The summed E-state index contributed by atoms with van der Waals surface area (Å²) < 4.78 is 16.2. The van der Waals surface area contributed by atoms with E-state index in [1.807, 2.05) is 32.0 Å². The molecule has 3 aromatic rings. The molecule has 1 aromatic heterocycles. The van der Waals surface area contributed by atoms with E-state index in [0.717, 1.165) is 0 Å². The molecule has 2 heterocycles. The van der Waals surface area contributed by atoms with Crippen LogP contribution in [-0.2, 0) is 14.3 Å². The van der Waals surface area contributed by atoms with Crippen LogP contribution >= 0.6 is 0 Å². The quantitative estimate of drug-likeness (QED) is 0.363. The number of aryl methyl sites for hydroxylation is 1. The third-order valence-electron chi connectivity index (χ3n) is 6.00. The second-order valence-corrected chi connectivity index (χ2v) is 9.28. The number of benzene rings is 2. The van der Waals surface area contributed by atoms with Crippen LogP contribution in [0.3, 0.4) is 0 Å². The number of aromatic nitrogens is 2. The maximum atomic E-state index is 13.4. The number of anilines is 1. The summed E-state index contributed by atoms with van der Waals surface area (Å²) in [5.41, 5.74) is 1.90. The van der Waals surface area contributed by atoms with Crippen LogP contribution in [0, 0.1) is 12.8 Å². The molecule has 1 unspecified atom stereocenters. The summed E-state index contributed by atoms with van der Waals surface area (Å²) in [5.74, 6) is -0.00501. The Kier molecular flexibility index (Phi) is 8.03. The van der Waals surface area contributed by atoms with E-state index >= 15 is 0 Å². The highest BCUT2D eigenvalue weighted by atomic mass is 16.5. The standard InChI is InChI=1S/C28H31N3O6/c1-17(2)16-22(32)24-25(21-8-5-6-9-23(21)36-15-7-14-35-4)31(28(34)26(24)33)20-12-10-19(11-13-20)27-29-18(3)37-30-27/h5-6,8-13,17,25,33H,7,14-16H2,1-4H3. The monoisotopic (exact) mass is 505 g/mol. The SMILES string of the molecule is COCCCOc1ccccc1C1C(C(=O)CC(C)C)=C(O)C(=O)N1c1ccc(-c2noc(C)n2)cc1. The molecule has 9 heteroatoms. The fourth-order valence-electron chi connectivity index (χ4n) is 4.34. The fourth-order valence-corrected chi connectivity index (χ4v) is 4.34. The number of hydrogen-bond acceptors (Lipinski definition) is 8. The van der Waals surface area contributed by atoms with Gasteiger partial charge in [-0.15, -0.1) is 0 Å². The first kappa shape index (κ1) is 26.1. The van der Waals surface area contributed by atoms with E-state index in [-0.39, 0.29) is 23.7 Å². The number of aliphatic hydroxyl groups is 1. The van der Waals surface area contributed by atoms with Crippen molar-refractivity contribution < 1.29 is 28.7 Å². The Bertz CT molecular complexity index is 1300. The largest absolute Gasteiger partial charge is 0.503 e. The number of rotatable bonds is 11. The number of para-hydroxylation sites is 1. The highest BCUT2D eigenvalue weighted by Crippen LogP contribution is 2.44. The third kappa shape index (κ3) is 5.56. The molecule has 194 valence electrons. The fraction of sp³-hybridized carbons (Fsp3) is 0.357. The van der Waals surface area contributed by atoms with Gasteiger partial charge in [0.15, 0.2) is 11.5 Å². The Hall–Kier alpha value is -3.98. The topological polar surface area (TPSA) is 115 Å². The number of nitrogens with zero attached hydrogens (tertiary/aromatic N) is 3. The number of ketones is 1. The molecule has 0 radical (unpaired) electrons. The van der Waals surface area contributed by atoms with E-state index in [0.29, 0.717) is 53.9 Å². The van der Waals surface area contributed by atoms with Crippen molar-refractivity contribution in [2.24, 2.45) is 5.92 Å². The van der Waals surface area contributed by atoms with Crippen molar-refractivity contribution >= 4 is 17.4 Å². The number of carbonyl (C=O) groups is 2. The summed E-state index contributed by atoms with van der Waals surface area (Å²) in [6, 6.07) is 13.4. The molecule has 0 bridgehead atoms. The van der Waals surface area contributed by atoms with E-state index in [9.17, 15) is 14.7 Å². The number of Topliss-reactive ketones (excluding diaryl/α,β-unsaturated/α-hetero) is 1. The van der Waals surface area contributed by atoms with Crippen LogP contribution in [-0.4, -0.2) is 47.3 Å². The summed E-state index contributed by atoms with van der Waals surface area (Å²) in [5, 5.41) is 14.9. The average Bonchev–Trinajstić information content (AvgIpc) is 3.42. The van der Waals surface area contributed by atoms with E-state index in [1.165, 1.54) is 4.90 Å². The number of ether oxygens (including phenoxy) is 2. The molecular weight excluding hydrogens is 474 g/mol. The first-order valence-corrected chi connectivity index (χ1v) is 12.2. The first-order chi connectivity index (χ1) is 17.8. The van der Waals surface area contributed by atoms with Gasteiger partial charge in [0.1, 0.15) is 5.75 Å². The van der Waals surface area contributed by atoms with Crippen molar-refractivity contribution in [1.82, 2.24) is 10.1 Å². The lowest BCUT2D eigenvalue weighted by Crippen LogP contribution is -2.31. The van der Waals surface area contributed by atoms with Gasteiger partial charge in [0, 0.05) is 50.3 Å². The molecule has 37 heavy (non-hydrogen) atoms. The Morgan fingerprint density at radius 3 is 2.51 bits per heavy atom. The Morgan fingerprint density at radius 1 is 1.14 bits per heavy atom. The molecule has 9 nitrogen and oxygen atoms in total. The van der Waals surface area contributed by atoms with Gasteiger partial charge < -0.3 is 19.1 Å². The summed E-state index contributed by atoms with van der Waals surface area (Å²) in [6.45, 7) is 6.49. The summed E-state index contributed by atoms with van der Waals surface area (Å²) in [6.07, 6.45) is 0.874. The molecule has 1 atom stereocenters. The normalized spacial score (nSPS) is 15.6. The van der Waals surface area contributed by atoms with E-state index < -0.39 is 17.7 Å². The predicted octanol–water partition coefficient (Wildman–Crippen LogP) is 4.98. The maximum absolute atomic E-state index is 13.4.